The van der Waals surface area contributed by atoms with E-state index in [-0.39, 0.29) is 11.8 Å². The van der Waals surface area contributed by atoms with E-state index in [4.69, 9.17) is 16.3 Å². The molecule has 0 spiro atoms. The summed E-state index contributed by atoms with van der Waals surface area (Å²) in [6.07, 6.45) is 4.33. The molecule has 1 atom stereocenters. The number of benzene rings is 2. The van der Waals surface area contributed by atoms with Crippen LogP contribution in [-0.2, 0) is 22.7 Å². The molecule has 0 saturated carbocycles. The average Bonchev–Trinajstić information content (AvgIpc) is 3.47. The average molecular weight is 450 g/mol. The lowest BCUT2D eigenvalue weighted by Gasteiger charge is -2.18. The van der Waals surface area contributed by atoms with E-state index in [1.807, 2.05) is 73.1 Å². The fraction of sp³-hybridized carbons (Fsp3) is 0.208. The fourth-order valence-corrected chi connectivity index (χ4v) is 3.69. The van der Waals surface area contributed by atoms with Crippen LogP contribution in [0.3, 0.4) is 0 Å². The number of nitrogens with zero attached hydrogens (tertiary/aromatic N) is 3. The monoisotopic (exact) mass is 449 g/mol. The number of anilines is 1. The molecule has 0 aliphatic carbocycles. The number of aromatic nitrogens is 4. The molecule has 0 bridgehead atoms. The van der Waals surface area contributed by atoms with E-state index in [1.54, 1.807) is 7.11 Å². The Morgan fingerprint density at radius 2 is 1.94 bits per heavy atom. The molecule has 4 aromatic rings. The third-order valence-corrected chi connectivity index (χ3v) is 5.34. The molecule has 0 fully saturated rings. The molecule has 2 N–H and O–H groups in total. The number of methoxy groups -OCH3 is 1. The topological polar surface area (TPSA) is 84.8 Å². The largest absolute Gasteiger partial charge is 0.377 e. The van der Waals surface area contributed by atoms with Crippen molar-refractivity contribution in [3.63, 3.8) is 0 Å². The number of rotatable bonds is 9. The lowest BCUT2D eigenvalue weighted by molar-refractivity contribution is -0.116. The maximum absolute atomic E-state index is 12.9. The van der Waals surface area contributed by atoms with Gasteiger partial charge in [0, 0.05) is 54.7 Å². The van der Waals surface area contributed by atoms with Gasteiger partial charge in [0.25, 0.3) is 0 Å². The molecule has 4 rings (SSSR count). The maximum Gasteiger partial charge on any atom is 0.225 e. The predicted octanol–water partition coefficient (Wildman–Crippen LogP) is 4.89. The van der Waals surface area contributed by atoms with Crippen LogP contribution >= 0.6 is 11.6 Å². The van der Waals surface area contributed by atoms with Gasteiger partial charge in [0.1, 0.15) is 6.61 Å². The Labute approximate surface area is 191 Å². The number of nitrogens with one attached hydrogen (secondary N) is 2. The van der Waals surface area contributed by atoms with Crippen LogP contribution in [0.2, 0.25) is 5.02 Å². The van der Waals surface area contributed by atoms with Crippen LogP contribution in [0.1, 0.15) is 23.7 Å². The van der Waals surface area contributed by atoms with Crippen LogP contribution in [0.5, 0.6) is 0 Å². The molecular weight excluding hydrogens is 426 g/mol. The van der Waals surface area contributed by atoms with Crippen molar-refractivity contribution in [2.24, 2.45) is 0 Å². The van der Waals surface area contributed by atoms with Gasteiger partial charge >= 0.3 is 0 Å². The van der Waals surface area contributed by atoms with E-state index in [2.05, 4.69) is 25.1 Å². The number of ether oxygens (including phenoxy) is 1. The molecule has 1 amide bonds. The Bertz CT molecular complexity index is 1160. The predicted molar refractivity (Wildman–Crippen MR) is 124 cm³/mol. The van der Waals surface area contributed by atoms with Gasteiger partial charge in [0.15, 0.2) is 11.6 Å². The molecule has 2 aromatic heterocycles. The standard InChI is InChI=1S/C24H24ClN5O2/c1-32-16-22-27-24(29-28-22)18-5-4-6-21(13-18)26-23(31)14-19(15-30-11-2-3-12-30)17-7-9-20(25)10-8-17/h2-13,19H,14-16H2,1H3,(H,26,31)(H,27,28,29)/t19-/m1/s1. The van der Waals surface area contributed by atoms with Crippen LogP contribution in [0, 0.1) is 0 Å². The van der Waals surface area contributed by atoms with Gasteiger partial charge in [-0.25, -0.2) is 4.98 Å². The highest BCUT2D eigenvalue weighted by Crippen LogP contribution is 2.25. The van der Waals surface area contributed by atoms with Crippen molar-refractivity contribution in [3.05, 3.63) is 89.5 Å². The molecule has 2 aromatic carbocycles. The zero-order chi connectivity index (χ0) is 22.3. The first-order valence-corrected chi connectivity index (χ1v) is 10.7. The fourth-order valence-electron chi connectivity index (χ4n) is 3.57. The van der Waals surface area contributed by atoms with Crippen molar-refractivity contribution in [1.82, 2.24) is 19.7 Å². The highest BCUT2D eigenvalue weighted by Gasteiger charge is 2.17. The highest BCUT2D eigenvalue weighted by molar-refractivity contribution is 6.30. The number of H-pyrrole nitrogens is 1. The third-order valence-electron chi connectivity index (χ3n) is 5.09. The Balaban J connectivity index is 1.47. The van der Waals surface area contributed by atoms with Gasteiger partial charge in [-0.1, -0.05) is 35.9 Å². The molecule has 0 unspecified atom stereocenters. The van der Waals surface area contributed by atoms with Crippen LogP contribution in [0.25, 0.3) is 11.4 Å². The summed E-state index contributed by atoms with van der Waals surface area (Å²) in [6.45, 7) is 1.05. The van der Waals surface area contributed by atoms with Gasteiger partial charge in [0.2, 0.25) is 5.91 Å². The second-order valence-electron chi connectivity index (χ2n) is 7.50. The van der Waals surface area contributed by atoms with Crippen LogP contribution in [0.4, 0.5) is 5.69 Å². The second kappa shape index (κ2) is 10.3. The minimum absolute atomic E-state index is 0.00691. The molecule has 2 heterocycles. The van der Waals surface area contributed by atoms with Gasteiger partial charge in [0.05, 0.1) is 0 Å². The molecule has 0 aliphatic rings. The maximum atomic E-state index is 12.9. The first kappa shape index (κ1) is 21.8. The van der Waals surface area contributed by atoms with Gasteiger partial charge in [-0.2, -0.15) is 5.10 Å². The van der Waals surface area contributed by atoms with E-state index in [1.165, 1.54) is 0 Å². The van der Waals surface area contributed by atoms with Gasteiger partial charge < -0.3 is 14.6 Å². The minimum atomic E-state index is -0.0654. The quantitative estimate of drug-likeness (QED) is 0.381. The zero-order valence-corrected chi connectivity index (χ0v) is 18.4. The van der Waals surface area contributed by atoms with Crippen molar-refractivity contribution < 1.29 is 9.53 Å². The van der Waals surface area contributed by atoms with Gasteiger partial charge in [-0.15, -0.1) is 0 Å². The summed E-state index contributed by atoms with van der Waals surface area (Å²) in [5, 5.41) is 10.8. The van der Waals surface area contributed by atoms with Crippen molar-refractivity contribution >= 4 is 23.2 Å². The van der Waals surface area contributed by atoms with Gasteiger partial charge in [-0.05, 0) is 42.0 Å². The van der Waals surface area contributed by atoms with Crippen molar-refractivity contribution in [2.45, 2.75) is 25.5 Å². The van der Waals surface area contributed by atoms with Crippen molar-refractivity contribution in [3.8, 4) is 11.4 Å². The molecule has 0 saturated heterocycles. The van der Waals surface area contributed by atoms with Crippen LogP contribution in [-0.4, -0.2) is 32.8 Å². The molecule has 0 aliphatic heterocycles. The number of amides is 1. The first-order chi connectivity index (χ1) is 15.6. The lowest BCUT2D eigenvalue weighted by atomic mass is 9.95. The van der Waals surface area contributed by atoms with E-state index in [0.717, 1.165) is 11.1 Å². The zero-order valence-electron chi connectivity index (χ0n) is 17.7. The SMILES string of the molecule is COCc1nc(-c2cccc(NC(=O)C[C@H](Cn3cccc3)c3ccc(Cl)cc3)c2)n[nH]1. The Morgan fingerprint density at radius 3 is 2.69 bits per heavy atom. The number of hydrogen-bond acceptors (Lipinski definition) is 4. The summed E-state index contributed by atoms with van der Waals surface area (Å²) in [7, 11) is 1.60. The Morgan fingerprint density at radius 1 is 1.16 bits per heavy atom. The van der Waals surface area contributed by atoms with E-state index < -0.39 is 0 Å². The van der Waals surface area contributed by atoms with E-state index in [0.29, 0.717) is 41.9 Å². The number of aromatic amines is 1. The second-order valence-corrected chi connectivity index (χ2v) is 7.94. The molecule has 164 valence electrons. The van der Waals surface area contributed by atoms with Crippen LogP contribution in [0.15, 0.2) is 73.1 Å². The summed E-state index contributed by atoms with van der Waals surface area (Å²) >= 11 is 6.05. The normalized spacial score (nSPS) is 11.9. The first-order valence-electron chi connectivity index (χ1n) is 10.3. The van der Waals surface area contributed by atoms with Gasteiger partial charge in [-0.3, -0.25) is 9.89 Å². The summed E-state index contributed by atoms with van der Waals surface area (Å²) in [5.41, 5.74) is 2.57. The van der Waals surface area contributed by atoms with Crippen LogP contribution < -0.4 is 5.32 Å². The highest BCUT2D eigenvalue weighted by atomic mass is 35.5. The van der Waals surface area contributed by atoms with Crippen molar-refractivity contribution in [1.29, 1.82) is 0 Å². The van der Waals surface area contributed by atoms with E-state index in [9.17, 15) is 4.79 Å². The lowest BCUT2D eigenvalue weighted by Crippen LogP contribution is -2.18. The molecular formula is C24H24ClN5O2. The summed E-state index contributed by atoms with van der Waals surface area (Å²) in [4.78, 5) is 17.3. The number of carbonyl (C=O) groups is 1. The summed E-state index contributed by atoms with van der Waals surface area (Å²) in [5.74, 6) is 1.14. The molecule has 8 heteroatoms. The molecule has 7 nitrogen and oxygen atoms in total. The minimum Gasteiger partial charge on any atom is -0.377 e. The van der Waals surface area contributed by atoms with E-state index >= 15 is 0 Å². The number of carbonyl (C=O) groups excluding carboxylic acids is 1. The summed E-state index contributed by atoms with van der Waals surface area (Å²) < 4.78 is 7.15. The van der Waals surface area contributed by atoms with Crippen molar-refractivity contribution in [2.75, 3.05) is 12.4 Å². The summed E-state index contributed by atoms with van der Waals surface area (Å²) in [6, 6.07) is 19.1. The number of hydrogen-bond donors (Lipinski definition) is 2. The smallest absolute Gasteiger partial charge is 0.225 e. The number of halogens is 1. The molecule has 0 radical (unpaired) electrons. The Kier molecular flexibility index (Phi) is 6.99. The molecule has 32 heavy (non-hydrogen) atoms. The third kappa shape index (κ3) is 5.63. The Hall–Kier alpha value is -3.42.